The van der Waals surface area contributed by atoms with Gasteiger partial charge in [0.05, 0.1) is 0 Å². The first-order valence-electron chi connectivity index (χ1n) is 10.9. The van der Waals surface area contributed by atoms with Crippen LogP contribution in [0.1, 0.15) is 51.3 Å². The Bertz CT molecular complexity index is 1360. The number of halogens is 1. The van der Waals surface area contributed by atoms with Crippen LogP contribution in [0.25, 0.3) is 0 Å². The van der Waals surface area contributed by atoms with Gasteiger partial charge in [-0.2, -0.15) is 0 Å². The molecule has 0 heterocycles. The molecule has 0 N–H and O–H groups in total. The van der Waals surface area contributed by atoms with E-state index < -0.39 is 0 Å². The van der Waals surface area contributed by atoms with Crippen molar-refractivity contribution < 1.29 is 9.59 Å². The Labute approximate surface area is 221 Å². The second-order valence-corrected chi connectivity index (χ2v) is 8.58. The molecule has 0 amide bonds. The Morgan fingerprint density at radius 3 is 1.51 bits per heavy atom. The Morgan fingerprint density at radius 2 is 1.06 bits per heavy atom. The topological polar surface area (TPSA) is 34.1 Å². The van der Waals surface area contributed by atoms with E-state index in [1.807, 2.05) is 103 Å². The lowest BCUT2D eigenvalue weighted by Crippen LogP contribution is -1.91. The van der Waals surface area contributed by atoms with E-state index >= 15 is 0 Å². The first-order chi connectivity index (χ1) is 16.9. The highest BCUT2D eigenvalue weighted by Crippen LogP contribution is 2.08. The summed E-state index contributed by atoms with van der Waals surface area (Å²) >= 11 is 2.19. The van der Waals surface area contributed by atoms with E-state index in [2.05, 4.69) is 40.4 Å². The SMILES string of the molecule is C#Cc1ccccc1.CC(=O)c1cccc(C#Cc2ccccc2)c1.CC(=O)c1cccc(I)c1. The van der Waals surface area contributed by atoms with Crippen molar-refractivity contribution >= 4 is 34.2 Å². The molecule has 0 aliphatic rings. The molecule has 0 fully saturated rings. The van der Waals surface area contributed by atoms with E-state index in [4.69, 9.17) is 6.42 Å². The van der Waals surface area contributed by atoms with E-state index in [0.717, 1.165) is 25.8 Å². The van der Waals surface area contributed by atoms with E-state index in [1.165, 1.54) is 0 Å². The third-order valence-electron chi connectivity index (χ3n) is 4.57. The van der Waals surface area contributed by atoms with Gasteiger partial charge in [0.25, 0.3) is 0 Å². The third kappa shape index (κ3) is 10.7. The van der Waals surface area contributed by atoms with E-state index in [9.17, 15) is 9.59 Å². The van der Waals surface area contributed by atoms with Gasteiger partial charge in [-0.1, -0.05) is 78.4 Å². The number of Topliss-reactive ketones (excluding diaryl/α,β-unsaturated/α-hetero) is 2. The van der Waals surface area contributed by atoms with Gasteiger partial charge in [0.1, 0.15) is 0 Å². The van der Waals surface area contributed by atoms with Gasteiger partial charge < -0.3 is 0 Å². The molecule has 4 aromatic rings. The summed E-state index contributed by atoms with van der Waals surface area (Å²) in [6, 6.07) is 34.3. The summed E-state index contributed by atoms with van der Waals surface area (Å²) in [7, 11) is 0. The molecule has 0 aliphatic carbocycles. The van der Waals surface area contributed by atoms with Crippen LogP contribution in [0.2, 0.25) is 0 Å². The Kier molecular flexibility index (Phi) is 11.8. The van der Waals surface area contributed by atoms with Crippen LogP contribution in [-0.2, 0) is 0 Å². The zero-order valence-corrected chi connectivity index (χ0v) is 21.8. The minimum absolute atomic E-state index is 0.0633. The minimum atomic E-state index is 0.0633. The predicted molar refractivity (Wildman–Crippen MR) is 152 cm³/mol. The zero-order chi connectivity index (χ0) is 25.5. The van der Waals surface area contributed by atoms with Gasteiger partial charge in [-0.05, 0) is 85.0 Å². The summed E-state index contributed by atoms with van der Waals surface area (Å²) in [5.74, 6) is 8.83. The summed E-state index contributed by atoms with van der Waals surface area (Å²) in [6.07, 6.45) is 5.10. The molecular formula is C32H25IO2. The second kappa shape index (κ2) is 15.1. The van der Waals surface area contributed by atoms with Crippen LogP contribution in [-0.4, -0.2) is 11.6 Å². The molecule has 0 saturated heterocycles. The van der Waals surface area contributed by atoms with Crippen LogP contribution >= 0.6 is 22.6 Å². The summed E-state index contributed by atoms with van der Waals surface area (Å²) in [6.45, 7) is 3.13. The van der Waals surface area contributed by atoms with Gasteiger partial charge in [-0.25, -0.2) is 0 Å². The maximum atomic E-state index is 11.2. The van der Waals surface area contributed by atoms with Crippen molar-refractivity contribution in [3.8, 4) is 24.2 Å². The van der Waals surface area contributed by atoms with Crippen molar-refractivity contribution in [2.75, 3.05) is 0 Å². The number of ketones is 2. The molecule has 4 rings (SSSR count). The second-order valence-electron chi connectivity index (χ2n) is 7.33. The van der Waals surface area contributed by atoms with Gasteiger partial charge >= 0.3 is 0 Å². The van der Waals surface area contributed by atoms with Crippen molar-refractivity contribution in [2.45, 2.75) is 13.8 Å². The van der Waals surface area contributed by atoms with Gasteiger partial charge in [-0.15, -0.1) is 6.42 Å². The Morgan fingerprint density at radius 1 is 0.600 bits per heavy atom. The van der Waals surface area contributed by atoms with Crippen molar-refractivity contribution in [3.63, 3.8) is 0 Å². The Hall–Kier alpha value is -3.93. The van der Waals surface area contributed by atoms with Crippen LogP contribution in [0.5, 0.6) is 0 Å². The third-order valence-corrected chi connectivity index (χ3v) is 5.24. The minimum Gasteiger partial charge on any atom is -0.295 e. The molecule has 0 saturated carbocycles. The number of benzene rings is 4. The fourth-order valence-corrected chi connectivity index (χ4v) is 3.27. The van der Waals surface area contributed by atoms with Crippen LogP contribution in [0.15, 0.2) is 109 Å². The van der Waals surface area contributed by atoms with Crippen molar-refractivity contribution in [2.24, 2.45) is 0 Å². The average Bonchev–Trinajstić information content (AvgIpc) is 2.89. The molecule has 0 aliphatic heterocycles. The number of hydrogen-bond donors (Lipinski definition) is 0. The molecule has 4 aromatic carbocycles. The van der Waals surface area contributed by atoms with Crippen LogP contribution < -0.4 is 0 Å². The maximum absolute atomic E-state index is 11.2. The molecule has 0 unspecified atom stereocenters. The Balaban J connectivity index is 0.000000204. The van der Waals surface area contributed by atoms with Crippen LogP contribution in [0.3, 0.4) is 0 Å². The highest BCUT2D eigenvalue weighted by Gasteiger charge is 1.98. The largest absolute Gasteiger partial charge is 0.295 e. The van der Waals surface area contributed by atoms with Gasteiger partial charge in [-0.3, -0.25) is 9.59 Å². The average molecular weight is 568 g/mol. The summed E-state index contributed by atoms with van der Waals surface area (Å²) in [5, 5.41) is 0. The molecular weight excluding hydrogens is 543 g/mol. The molecule has 0 radical (unpaired) electrons. The normalized spacial score (nSPS) is 8.97. The smallest absolute Gasteiger partial charge is 0.159 e. The van der Waals surface area contributed by atoms with Crippen LogP contribution in [0, 0.1) is 27.8 Å². The fourth-order valence-electron chi connectivity index (χ4n) is 2.72. The van der Waals surface area contributed by atoms with Gasteiger partial charge in [0.2, 0.25) is 0 Å². The fraction of sp³-hybridized carbons (Fsp3) is 0.0625. The van der Waals surface area contributed by atoms with Gasteiger partial charge in [0.15, 0.2) is 11.6 Å². The molecule has 3 heteroatoms. The number of carbonyl (C=O) groups is 2. The zero-order valence-electron chi connectivity index (χ0n) is 19.7. The molecule has 0 spiro atoms. The molecule has 35 heavy (non-hydrogen) atoms. The van der Waals surface area contributed by atoms with E-state index in [1.54, 1.807) is 19.9 Å². The first kappa shape index (κ1) is 27.3. The number of terminal acetylenes is 1. The highest BCUT2D eigenvalue weighted by molar-refractivity contribution is 14.1. The predicted octanol–water partition coefficient (Wildman–Crippen LogP) is 7.45. The summed E-state index contributed by atoms with van der Waals surface area (Å²) in [4.78, 5) is 22.0. The van der Waals surface area contributed by atoms with Crippen molar-refractivity contribution in [3.05, 3.63) is 141 Å². The van der Waals surface area contributed by atoms with Crippen LogP contribution in [0.4, 0.5) is 0 Å². The number of rotatable bonds is 2. The number of carbonyl (C=O) groups excluding carboxylic acids is 2. The molecule has 0 bridgehead atoms. The lowest BCUT2D eigenvalue weighted by Gasteiger charge is -1.95. The maximum Gasteiger partial charge on any atom is 0.159 e. The monoisotopic (exact) mass is 568 g/mol. The molecule has 2 nitrogen and oxygen atoms in total. The molecule has 172 valence electrons. The number of hydrogen-bond acceptors (Lipinski definition) is 2. The van der Waals surface area contributed by atoms with E-state index in [-0.39, 0.29) is 11.6 Å². The first-order valence-corrected chi connectivity index (χ1v) is 11.9. The lowest BCUT2D eigenvalue weighted by molar-refractivity contribution is 0.100. The quantitative estimate of drug-likeness (QED) is 0.143. The standard InChI is InChI=1S/C16H12O.C8H7IO.C8H6/c1-13(17)16-9-5-8-15(12-16)11-10-14-6-3-2-4-7-14;1-6(10)7-3-2-4-8(9)5-7;1-2-8-6-4-3-5-7-8/h2-9,12H,1H3;2-5H,1H3;1,3-7H. The summed E-state index contributed by atoms with van der Waals surface area (Å²) in [5.41, 5.74) is 4.26. The van der Waals surface area contributed by atoms with E-state index in [0.29, 0.717) is 5.56 Å². The summed E-state index contributed by atoms with van der Waals surface area (Å²) < 4.78 is 1.10. The lowest BCUT2D eigenvalue weighted by atomic mass is 10.1. The molecule has 0 atom stereocenters. The highest BCUT2D eigenvalue weighted by atomic mass is 127. The van der Waals surface area contributed by atoms with Gasteiger partial charge in [0, 0.05) is 31.4 Å². The van der Waals surface area contributed by atoms with Crippen molar-refractivity contribution in [1.82, 2.24) is 0 Å². The van der Waals surface area contributed by atoms with Crippen molar-refractivity contribution in [1.29, 1.82) is 0 Å². The molecule has 0 aromatic heterocycles.